The van der Waals surface area contributed by atoms with E-state index in [0.29, 0.717) is 30.0 Å². The fourth-order valence-corrected chi connectivity index (χ4v) is 5.68. The average Bonchev–Trinajstić information content (AvgIpc) is 3.14. The summed E-state index contributed by atoms with van der Waals surface area (Å²) >= 11 is 1.54. The maximum atomic E-state index is 14.0. The quantitative estimate of drug-likeness (QED) is 0.236. The lowest BCUT2D eigenvalue weighted by Crippen LogP contribution is -2.05. The first-order chi connectivity index (χ1) is 16.4. The molecule has 34 heavy (non-hydrogen) atoms. The van der Waals surface area contributed by atoms with Crippen LogP contribution in [0.5, 0.6) is 0 Å². The number of thiazole rings is 1. The number of benzene rings is 1. The Morgan fingerprint density at radius 1 is 1.26 bits per heavy atom. The van der Waals surface area contributed by atoms with Crippen molar-refractivity contribution in [2.75, 3.05) is 12.9 Å². The summed E-state index contributed by atoms with van der Waals surface area (Å²) in [7, 11) is -1.32. The molecule has 0 aliphatic heterocycles. The lowest BCUT2D eigenvalue weighted by Gasteiger charge is -2.11. The van der Waals surface area contributed by atoms with Gasteiger partial charge in [0.2, 0.25) is 5.16 Å². The molecule has 2 atom stereocenters. The van der Waals surface area contributed by atoms with Crippen LogP contribution < -0.4 is 0 Å². The first-order valence-corrected chi connectivity index (χ1v) is 13.6. The molecule has 0 bridgehead atoms. The van der Waals surface area contributed by atoms with Crippen LogP contribution in [0.1, 0.15) is 50.0 Å². The molecule has 2 unspecified atom stereocenters. The number of ether oxygens (including phenoxy) is 1. The molecule has 0 saturated heterocycles. The minimum atomic E-state index is -1.32. The minimum absolute atomic E-state index is 0.190. The summed E-state index contributed by atoms with van der Waals surface area (Å²) in [6.45, 7) is 2.19. The van der Waals surface area contributed by atoms with E-state index in [9.17, 15) is 13.4 Å². The summed E-state index contributed by atoms with van der Waals surface area (Å²) in [4.78, 5) is 26.3. The zero-order chi connectivity index (χ0) is 24.1. The van der Waals surface area contributed by atoms with Crippen LogP contribution in [-0.2, 0) is 20.3 Å². The Bertz CT molecular complexity index is 1240. The van der Waals surface area contributed by atoms with Crippen molar-refractivity contribution in [3.05, 3.63) is 59.0 Å². The molecule has 2 aromatic heterocycles. The Kier molecular flexibility index (Phi) is 7.95. The highest BCUT2D eigenvalue weighted by Crippen LogP contribution is 2.42. The summed E-state index contributed by atoms with van der Waals surface area (Å²) in [5.74, 6) is -0.313. The van der Waals surface area contributed by atoms with E-state index in [1.54, 1.807) is 18.3 Å². The predicted molar refractivity (Wildman–Crippen MR) is 131 cm³/mol. The third-order valence-corrected chi connectivity index (χ3v) is 7.60. The number of carbonyl (C=O) groups excluding carboxylic acids is 1. The first kappa shape index (κ1) is 24.3. The molecule has 1 aliphatic rings. The van der Waals surface area contributed by atoms with E-state index in [1.165, 1.54) is 29.7 Å². The van der Waals surface area contributed by atoms with Crippen molar-refractivity contribution in [2.45, 2.75) is 50.1 Å². The molecule has 0 N–H and O–H groups in total. The van der Waals surface area contributed by atoms with Crippen LogP contribution in [0.4, 0.5) is 4.39 Å². The zero-order valence-electron chi connectivity index (χ0n) is 19.1. The fourth-order valence-electron chi connectivity index (χ4n) is 4.02. The van der Waals surface area contributed by atoms with E-state index in [2.05, 4.69) is 16.0 Å². The maximum Gasteiger partial charge on any atom is 0.309 e. The minimum Gasteiger partial charge on any atom is -0.466 e. The van der Waals surface area contributed by atoms with Crippen molar-refractivity contribution >= 4 is 28.1 Å². The Morgan fingerprint density at radius 2 is 2.12 bits per heavy atom. The Hall–Kier alpha value is -2.78. The maximum absolute atomic E-state index is 14.0. The second-order valence-corrected chi connectivity index (χ2v) is 10.4. The van der Waals surface area contributed by atoms with Crippen molar-refractivity contribution in [2.24, 2.45) is 0 Å². The monoisotopic (exact) mass is 499 g/mol. The van der Waals surface area contributed by atoms with Gasteiger partial charge in [-0.15, -0.1) is 11.3 Å². The predicted octanol–water partition coefficient (Wildman–Crippen LogP) is 5.68. The normalized spacial score (nSPS) is 17.0. The van der Waals surface area contributed by atoms with Crippen molar-refractivity contribution < 1.29 is 18.1 Å². The number of hydrogen-bond acceptors (Lipinski definition) is 7. The molecule has 6 nitrogen and oxygen atoms in total. The number of hydrogen-bond donors (Lipinski definition) is 0. The average molecular weight is 500 g/mol. The van der Waals surface area contributed by atoms with Crippen LogP contribution in [0.3, 0.4) is 0 Å². The van der Waals surface area contributed by atoms with Crippen LogP contribution in [0.15, 0.2) is 53.3 Å². The number of aromatic nitrogens is 3. The third-order valence-electron chi connectivity index (χ3n) is 5.65. The summed E-state index contributed by atoms with van der Waals surface area (Å²) < 4.78 is 31.1. The number of nitrogens with zero attached hydrogens (tertiary/aromatic N) is 3. The largest absolute Gasteiger partial charge is 0.466 e. The molecule has 0 radical (unpaired) electrons. The molecule has 4 rings (SSSR count). The van der Waals surface area contributed by atoms with Gasteiger partial charge in [0.1, 0.15) is 5.82 Å². The van der Waals surface area contributed by atoms with Crippen molar-refractivity contribution in [1.29, 1.82) is 0 Å². The number of rotatable bonds is 7. The van der Waals surface area contributed by atoms with Gasteiger partial charge in [0.15, 0.2) is 0 Å². The molecule has 0 fully saturated rings. The van der Waals surface area contributed by atoms with Gasteiger partial charge < -0.3 is 4.74 Å². The molecule has 9 heteroatoms. The topological polar surface area (TPSA) is 82.0 Å². The van der Waals surface area contributed by atoms with Gasteiger partial charge in [0, 0.05) is 23.9 Å². The van der Waals surface area contributed by atoms with Crippen LogP contribution in [0, 0.1) is 5.82 Å². The number of carbonyl (C=O) groups is 1. The van der Waals surface area contributed by atoms with Crippen LogP contribution >= 0.6 is 11.3 Å². The standard InChI is InChI=1S/C25H26FN3O3S2/c1-3-32-21(30)14-16-6-4-7-17(11-10-16)24-29-22(18-8-5-9-19(26)15-18)23(33-24)20-12-13-27-25(28-20)34(2)31/h5-6,8-9,12-13,15,17H,3-4,7,10-11,14H2,1-2H3. The second kappa shape index (κ2) is 11.1. The highest BCUT2D eigenvalue weighted by Gasteiger charge is 2.24. The molecule has 0 amide bonds. The van der Waals surface area contributed by atoms with Crippen molar-refractivity contribution in [3.63, 3.8) is 0 Å². The second-order valence-electron chi connectivity index (χ2n) is 8.08. The molecule has 0 spiro atoms. The highest BCUT2D eigenvalue weighted by molar-refractivity contribution is 7.84. The van der Waals surface area contributed by atoms with Gasteiger partial charge in [0.25, 0.3) is 0 Å². The molecular weight excluding hydrogens is 473 g/mol. The Balaban J connectivity index is 1.66. The summed E-state index contributed by atoms with van der Waals surface area (Å²) in [5.41, 5.74) is 3.06. The van der Waals surface area contributed by atoms with Gasteiger partial charge in [-0.2, -0.15) is 0 Å². The molecule has 2 heterocycles. The SMILES string of the molecule is CCOC(=O)CC1=CCCC(c2nc(-c3cccc(F)c3)c(-c3ccnc(S(C)=O)n3)s2)CC1. The number of allylic oxidation sites excluding steroid dienone is 1. The number of halogens is 1. The van der Waals surface area contributed by atoms with Gasteiger partial charge in [-0.25, -0.2) is 19.3 Å². The van der Waals surface area contributed by atoms with Crippen LogP contribution in [-0.4, -0.2) is 38.0 Å². The summed E-state index contributed by atoms with van der Waals surface area (Å²) in [6.07, 6.45) is 9.05. The van der Waals surface area contributed by atoms with Crippen molar-refractivity contribution in [3.8, 4) is 21.8 Å². The zero-order valence-corrected chi connectivity index (χ0v) is 20.8. The molecular formula is C25H26FN3O3S2. The first-order valence-electron chi connectivity index (χ1n) is 11.2. The van der Waals surface area contributed by atoms with Gasteiger partial charge in [-0.05, 0) is 50.8 Å². The third kappa shape index (κ3) is 5.82. The Labute approximate surface area is 204 Å². The van der Waals surface area contributed by atoms with E-state index in [4.69, 9.17) is 9.72 Å². The lowest BCUT2D eigenvalue weighted by atomic mass is 9.99. The van der Waals surface area contributed by atoms with E-state index >= 15 is 0 Å². The Morgan fingerprint density at radius 3 is 2.88 bits per heavy atom. The molecule has 1 aliphatic carbocycles. The summed E-state index contributed by atoms with van der Waals surface area (Å²) in [5, 5.41) is 1.21. The van der Waals surface area contributed by atoms with E-state index < -0.39 is 10.8 Å². The van der Waals surface area contributed by atoms with E-state index in [1.807, 2.05) is 13.0 Å². The molecule has 178 valence electrons. The van der Waals surface area contributed by atoms with Crippen molar-refractivity contribution in [1.82, 2.24) is 15.0 Å². The van der Waals surface area contributed by atoms with Crippen LogP contribution in [0.2, 0.25) is 0 Å². The molecule has 3 aromatic rings. The smallest absolute Gasteiger partial charge is 0.309 e. The van der Waals surface area contributed by atoms with Gasteiger partial charge in [-0.3, -0.25) is 9.00 Å². The summed E-state index contributed by atoms with van der Waals surface area (Å²) in [6, 6.07) is 8.13. The van der Waals surface area contributed by atoms with Gasteiger partial charge in [-0.1, -0.05) is 23.8 Å². The van der Waals surface area contributed by atoms with Gasteiger partial charge in [0.05, 0.1) is 45.1 Å². The number of esters is 1. The molecule has 0 saturated carbocycles. The van der Waals surface area contributed by atoms with Gasteiger partial charge >= 0.3 is 5.97 Å². The van der Waals surface area contributed by atoms with Crippen LogP contribution in [0.25, 0.3) is 21.8 Å². The lowest BCUT2D eigenvalue weighted by molar-refractivity contribution is -0.142. The molecule has 1 aromatic carbocycles. The van der Waals surface area contributed by atoms with E-state index in [0.717, 1.165) is 41.1 Å². The fraction of sp³-hybridized carbons (Fsp3) is 0.360. The van der Waals surface area contributed by atoms with E-state index in [-0.39, 0.29) is 22.9 Å². The highest BCUT2D eigenvalue weighted by atomic mass is 32.2.